The molecule has 1 aliphatic heterocycles. The average molecular weight is 311 g/mol. The molecule has 0 radical (unpaired) electrons. The van der Waals surface area contributed by atoms with Crippen molar-refractivity contribution in [1.82, 2.24) is 14.5 Å². The highest BCUT2D eigenvalue weighted by Gasteiger charge is 2.22. The van der Waals surface area contributed by atoms with Crippen LogP contribution in [0.1, 0.15) is 18.4 Å². The maximum atomic E-state index is 12.6. The molecule has 0 bridgehead atoms. The highest BCUT2D eigenvalue weighted by molar-refractivity contribution is 7.89. The lowest BCUT2D eigenvalue weighted by Gasteiger charge is -2.21. The number of nitrogens with one attached hydrogen (secondary N) is 1. The maximum Gasteiger partial charge on any atom is 0.242 e. The van der Waals surface area contributed by atoms with Gasteiger partial charge in [-0.1, -0.05) is 12.1 Å². The van der Waals surface area contributed by atoms with Crippen molar-refractivity contribution in [2.24, 2.45) is 0 Å². The second-order valence-corrected chi connectivity index (χ2v) is 7.60. The lowest BCUT2D eigenvalue weighted by atomic mass is 10.2. The third-order valence-electron chi connectivity index (χ3n) is 3.92. The largest absolute Gasteiger partial charge is 0.316 e. The van der Waals surface area contributed by atoms with Crippen LogP contribution in [0.2, 0.25) is 0 Å². The van der Waals surface area contributed by atoms with Crippen molar-refractivity contribution < 1.29 is 8.42 Å². The molecule has 0 unspecified atom stereocenters. The monoisotopic (exact) mass is 311 g/mol. The van der Waals surface area contributed by atoms with Crippen molar-refractivity contribution in [1.29, 1.82) is 0 Å². The molecular weight excluding hydrogens is 286 g/mol. The molecule has 6 heteroatoms. The fraction of sp³-hybridized carbons (Fsp3) is 0.600. The van der Waals surface area contributed by atoms with Crippen molar-refractivity contribution in [2.75, 3.05) is 40.3 Å². The topological polar surface area (TPSA) is 52.7 Å². The number of rotatable bonds is 7. The van der Waals surface area contributed by atoms with Gasteiger partial charge in [0.2, 0.25) is 10.0 Å². The Morgan fingerprint density at radius 1 is 1.29 bits per heavy atom. The Kier molecular flexibility index (Phi) is 5.75. The molecular formula is C15H25N3O2S. The molecule has 21 heavy (non-hydrogen) atoms. The van der Waals surface area contributed by atoms with Crippen LogP contribution in [-0.2, 0) is 16.6 Å². The first-order valence-electron chi connectivity index (χ1n) is 7.46. The molecule has 0 aliphatic carbocycles. The van der Waals surface area contributed by atoms with Crippen LogP contribution < -0.4 is 5.32 Å². The Bertz CT molecular complexity index is 554. The van der Waals surface area contributed by atoms with Gasteiger partial charge in [0, 0.05) is 26.7 Å². The first kappa shape index (κ1) is 16.4. The molecule has 1 aromatic carbocycles. The number of hydrogen-bond acceptors (Lipinski definition) is 4. The average Bonchev–Trinajstić information content (AvgIpc) is 2.98. The van der Waals surface area contributed by atoms with Gasteiger partial charge < -0.3 is 10.2 Å². The van der Waals surface area contributed by atoms with E-state index in [9.17, 15) is 8.42 Å². The predicted octanol–water partition coefficient (Wildman–Crippen LogP) is 1.12. The second kappa shape index (κ2) is 7.35. The van der Waals surface area contributed by atoms with E-state index in [1.165, 1.54) is 17.1 Å². The van der Waals surface area contributed by atoms with Crippen molar-refractivity contribution >= 4 is 10.0 Å². The maximum absolute atomic E-state index is 12.6. The van der Waals surface area contributed by atoms with Crippen LogP contribution in [0, 0.1) is 0 Å². The van der Waals surface area contributed by atoms with E-state index < -0.39 is 10.0 Å². The smallest absolute Gasteiger partial charge is 0.242 e. The number of benzene rings is 1. The van der Waals surface area contributed by atoms with Crippen LogP contribution >= 0.6 is 0 Å². The minimum Gasteiger partial charge on any atom is -0.316 e. The number of nitrogens with zero attached hydrogens (tertiary/aromatic N) is 2. The summed E-state index contributed by atoms with van der Waals surface area (Å²) in [6.07, 6.45) is 2.45. The molecule has 0 atom stereocenters. The standard InChI is InChI=1S/C15H25N3O2S/c1-16-13-14-6-5-7-15(12-14)21(19,20)17(2)10-11-18-8-3-4-9-18/h5-7,12,16H,3-4,8-11,13H2,1-2H3. The Morgan fingerprint density at radius 2 is 2.00 bits per heavy atom. The van der Waals surface area contributed by atoms with Gasteiger partial charge in [0.1, 0.15) is 0 Å². The summed E-state index contributed by atoms with van der Waals surface area (Å²) in [4.78, 5) is 2.70. The predicted molar refractivity (Wildman–Crippen MR) is 84.7 cm³/mol. The van der Waals surface area contributed by atoms with E-state index in [1.807, 2.05) is 13.1 Å². The number of sulfonamides is 1. The summed E-state index contributed by atoms with van der Waals surface area (Å²) in [5, 5.41) is 3.04. The van der Waals surface area contributed by atoms with Gasteiger partial charge in [-0.15, -0.1) is 0 Å². The summed E-state index contributed by atoms with van der Waals surface area (Å²) < 4.78 is 26.6. The zero-order chi connectivity index (χ0) is 15.3. The van der Waals surface area contributed by atoms with Crippen molar-refractivity contribution in [3.05, 3.63) is 29.8 Å². The summed E-state index contributed by atoms with van der Waals surface area (Å²) in [6, 6.07) is 7.15. The molecule has 1 saturated heterocycles. The molecule has 0 saturated carbocycles. The van der Waals surface area contributed by atoms with Crippen molar-refractivity contribution in [3.63, 3.8) is 0 Å². The molecule has 1 aliphatic rings. The zero-order valence-corrected chi connectivity index (χ0v) is 13.7. The minimum atomic E-state index is -3.39. The Labute approximate surface area is 128 Å². The van der Waals surface area contributed by atoms with Crippen molar-refractivity contribution in [3.8, 4) is 0 Å². The minimum absolute atomic E-state index is 0.374. The normalized spacial score (nSPS) is 16.7. The Morgan fingerprint density at radius 3 is 2.67 bits per heavy atom. The molecule has 0 amide bonds. The van der Waals surface area contributed by atoms with Gasteiger partial charge in [-0.2, -0.15) is 4.31 Å². The first-order valence-corrected chi connectivity index (χ1v) is 8.90. The fourth-order valence-corrected chi connectivity index (χ4v) is 3.84. The van der Waals surface area contributed by atoms with E-state index in [2.05, 4.69) is 10.2 Å². The van der Waals surface area contributed by atoms with E-state index in [4.69, 9.17) is 0 Å². The van der Waals surface area contributed by atoms with Crippen LogP contribution in [0.15, 0.2) is 29.2 Å². The molecule has 1 aromatic rings. The third-order valence-corrected chi connectivity index (χ3v) is 5.77. The highest BCUT2D eigenvalue weighted by atomic mass is 32.2. The number of likely N-dealkylation sites (N-methyl/N-ethyl adjacent to an activating group) is 1. The van der Waals surface area contributed by atoms with E-state index >= 15 is 0 Å². The highest BCUT2D eigenvalue weighted by Crippen LogP contribution is 2.16. The summed E-state index contributed by atoms with van der Waals surface area (Å²) >= 11 is 0. The summed E-state index contributed by atoms with van der Waals surface area (Å²) in [6.45, 7) is 4.20. The molecule has 0 aromatic heterocycles. The van der Waals surface area contributed by atoms with Crippen LogP contribution in [0.3, 0.4) is 0 Å². The lowest BCUT2D eigenvalue weighted by Crippen LogP contribution is -2.35. The van der Waals surface area contributed by atoms with E-state index in [1.54, 1.807) is 25.2 Å². The van der Waals surface area contributed by atoms with E-state index in [0.29, 0.717) is 18.0 Å². The quantitative estimate of drug-likeness (QED) is 0.820. The molecule has 1 fully saturated rings. The van der Waals surface area contributed by atoms with Gasteiger partial charge >= 0.3 is 0 Å². The van der Waals surface area contributed by atoms with Crippen LogP contribution in [-0.4, -0.2) is 57.9 Å². The lowest BCUT2D eigenvalue weighted by molar-refractivity contribution is 0.310. The SMILES string of the molecule is CNCc1cccc(S(=O)(=O)N(C)CCN2CCCC2)c1. The fourth-order valence-electron chi connectivity index (χ4n) is 2.61. The van der Waals surface area contributed by atoms with Crippen LogP contribution in [0.5, 0.6) is 0 Å². The van der Waals surface area contributed by atoms with Gasteiger partial charge in [0.05, 0.1) is 4.90 Å². The molecule has 5 nitrogen and oxygen atoms in total. The van der Waals surface area contributed by atoms with Crippen LogP contribution in [0.25, 0.3) is 0 Å². The summed E-state index contributed by atoms with van der Waals surface area (Å²) in [5.41, 5.74) is 0.978. The molecule has 1 N–H and O–H groups in total. The Hall–Kier alpha value is -0.950. The summed E-state index contributed by atoms with van der Waals surface area (Å²) in [5.74, 6) is 0. The zero-order valence-electron chi connectivity index (χ0n) is 12.9. The molecule has 118 valence electrons. The van der Waals surface area contributed by atoms with Gasteiger partial charge in [-0.3, -0.25) is 0 Å². The summed E-state index contributed by atoms with van der Waals surface area (Å²) in [7, 11) is 0.121. The van der Waals surface area contributed by atoms with Gasteiger partial charge in [-0.25, -0.2) is 8.42 Å². The van der Waals surface area contributed by atoms with Gasteiger partial charge in [-0.05, 0) is 50.7 Å². The second-order valence-electron chi connectivity index (χ2n) is 5.55. The molecule has 1 heterocycles. The molecule has 2 rings (SSSR count). The van der Waals surface area contributed by atoms with Crippen molar-refractivity contribution in [2.45, 2.75) is 24.3 Å². The van der Waals surface area contributed by atoms with E-state index in [-0.39, 0.29) is 0 Å². The Balaban J connectivity index is 2.03. The van der Waals surface area contributed by atoms with Gasteiger partial charge in [0.25, 0.3) is 0 Å². The first-order chi connectivity index (χ1) is 10.0. The number of likely N-dealkylation sites (tertiary alicyclic amines) is 1. The molecule has 0 spiro atoms. The van der Waals surface area contributed by atoms with Gasteiger partial charge in [0.15, 0.2) is 0 Å². The van der Waals surface area contributed by atoms with Crippen LogP contribution in [0.4, 0.5) is 0 Å². The third kappa shape index (κ3) is 4.26. The van der Waals surface area contributed by atoms with E-state index in [0.717, 1.165) is 25.2 Å². The number of hydrogen-bond donors (Lipinski definition) is 1.